The SMILES string of the molecule is c1ccc(CC2CN(CC3CCOC3)CCCN2)cc1. The van der Waals surface area contributed by atoms with Gasteiger partial charge in [0.15, 0.2) is 0 Å². The summed E-state index contributed by atoms with van der Waals surface area (Å²) >= 11 is 0. The molecule has 1 aromatic carbocycles. The maximum Gasteiger partial charge on any atom is 0.0507 e. The number of hydrogen-bond acceptors (Lipinski definition) is 3. The number of ether oxygens (including phenoxy) is 1. The highest BCUT2D eigenvalue weighted by Crippen LogP contribution is 2.16. The van der Waals surface area contributed by atoms with E-state index in [-0.39, 0.29) is 0 Å². The molecule has 1 N–H and O–H groups in total. The summed E-state index contributed by atoms with van der Waals surface area (Å²) in [6, 6.07) is 11.4. The predicted molar refractivity (Wildman–Crippen MR) is 81.9 cm³/mol. The van der Waals surface area contributed by atoms with Gasteiger partial charge in [0.05, 0.1) is 6.61 Å². The Kier molecular flexibility index (Phi) is 5.06. The third-order valence-electron chi connectivity index (χ3n) is 4.43. The molecule has 2 fully saturated rings. The molecule has 3 rings (SSSR count). The molecule has 0 bridgehead atoms. The molecule has 0 spiro atoms. The van der Waals surface area contributed by atoms with E-state index in [9.17, 15) is 0 Å². The molecular weight excluding hydrogens is 248 g/mol. The molecule has 3 heteroatoms. The van der Waals surface area contributed by atoms with Gasteiger partial charge in [-0.25, -0.2) is 0 Å². The molecule has 3 nitrogen and oxygen atoms in total. The second kappa shape index (κ2) is 7.21. The van der Waals surface area contributed by atoms with Crippen molar-refractivity contribution in [3.63, 3.8) is 0 Å². The fourth-order valence-electron chi connectivity index (χ4n) is 3.37. The van der Waals surface area contributed by atoms with Crippen LogP contribution in [-0.2, 0) is 11.2 Å². The van der Waals surface area contributed by atoms with E-state index in [0.29, 0.717) is 6.04 Å². The highest BCUT2D eigenvalue weighted by molar-refractivity contribution is 5.16. The van der Waals surface area contributed by atoms with Crippen LogP contribution in [0.4, 0.5) is 0 Å². The van der Waals surface area contributed by atoms with Crippen molar-refractivity contribution < 1.29 is 4.74 Å². The summed E-state index contributed by atoms with van der Waals surface area (Å²) in [5, 5.41) is 3.71. The standard InChI is InChI=1S/C17H26N2O/c1-2-5-15(6-3-1)11-17-13-19(9-4-8-18-17)12-16-7-10-20-14-16/h1-3,5-6,16-18H,4,7-14H2. The van der Waals surface area contributed by atoms with Crippen LogP contribution < -0.4 is 5.32 Å². The normalized spacial score (nSPS) is 28.4. The maximum absolute atomic E-state index is 5.51. The summed E-state index contributed by atoms with van der Waals surface area (Å²) < 4.78 is 5.51. The zero-order valence-electron chi connectivity index (χ0n) is 12.3. The van der Waals surface area contributed by atoms with Crippen molar-refractivity contribution in [2.45, 2.75) is 25.3 Å². The van der Waals surface area contributed by atoms with E-state index in [1.165, 1.54) is 38.0 Å². The van der Waals surface area contributed by atoms with Gasteiger partial charge in [-0.2, -0.15) is 0 Å². The quantitative estimate of drug-likeness (QED) is 0.908. The van der Waals surface area contributed by atoms with Crippen LogP contribution in [0, 0.1) is 5.92 Å². The molecule has 0 amide bonds. The number of hydrogen-bond donors (Lipinski definition) is 1. The van der Waals surface area contributed by atoms with Crippen molar-refractivity contribution in [2.24, 2.45) is 5.92 Å². The molecule has 110 valence electrons. The average molecular weight is 274 g/mol. The largest absolute Gasteiger partial charge is 0.381 e. The molecule has 2 unspecified atom stereocenters. The maximum atomic E-state index is 5.51. The van der Waals surface area contributed by atoms with E-state index < -0.39 is 0 Å². The molecule has 2 aliphatic rings. The molecule has 2 aliphatic heterocycles. The van der Waals surface area contributed by atoms with Gasteiger partial charge < -0.3 is 15.0 Å². The molecule has 2 saturated heterocycles. The highest BCUT2D eigenvalue weighted by Gasteiger charge is 2.23. The van der Waals surface area contributed by atoms with Gasteiger partial charge in [0.2, 0.25) is 0 Å². The van der Waals surface area contributed by atoms with Gasteiger partial charge in [0.25, 0.3) is 0 Å². The minimum atomic E-state index is 0.585. The molecule has 0 aromatic heterocycles. The van der Waals surface area contributed by atoms with Crippen LogP contribution in [0.3, 0.4) is 0 Å². The second-order valence-electron chi connectivity index (χ2n) is 6.18. The smallest absolute Gasteiger partial charge is 0.0507 e. The molecule has 0 saturated carbocycles. The fraction of sp³-hybridized carbons (Fsp3) is 0.647. The summed E-state index contributed by atoms with van der Waals surface area (Å²) in [6.45, 7) is 6.69. The minimum Gasteiger partial charge on any atom is -0.381 e. The Labute approximate surface area is 122 Å². The summed E-state index contributed by atoms with van der Waals surface area (Å²) in [4.78, 5) is 2.65. The zero-order valence-corrected chi connectivity index (χ0v) is 12.3. The molecule has 2 heterocycles. The Morgan fingerprint density at radius 2 is 2.15 bits per heavy atom. The van der Waals surface area contributed by atoms with E-state index in [1.54, 1.807) is 0 Å². The highest BCUT2D eigenvalue weighted by atomic mass is 16.5. The Balaban J connectivity index is 1.54. The Morgan fingerprint density at radius 1 is 1.25 bits per heavy atom. The van der Waals surface area contributed by atoms with Crippen LogP contribution in [0.2, 0.25) is 0 Å². The molecule has 0 aliphatic carbocycles. The molecule has 20 heavy (non-hydrogen) atoms. The summed E-state index contributed by atoms with van der Waals surface area (Å²) in [5.41, 5.74) is 1.44. The summed E-state index contributed by atoms with van der Waals surface area (Å²) in [5.74, 6) is 0.755. The van der Waals surface area contributed by atoms with Crippen LogP contribution in [0.1, 0.15) is 18.4 Å². The van der Waals surface area contributed by atoms with E-state index in [2.05, 4.69) is 40.5 Å². The number of benzene rings is 1. The van der Waals surface area contributed by atoms with Crippen LogP contribution in [0.15, 0.2) is 30.3 Å². The number of nitrogens with zero attached hydrogens (tertiary/aromatic N) is 1. The van der Waals surface area contributed by atoms with Crippen LogP contribution >= 0.6 is 0 Å². The van der Waals surface area contributed by atoms with E-state index >= 15 is 0 Å². The monoisotopic (exact) mass is 274 g/mol. The summed E-state index contributed by atoms with van der Waals surface area (Å²) in [7, 11) is 0. The lowest BCUT2D eigenvalue weighted by Gasteiger charge is -2.26. The van der Waals surface area contributed by atoms with E-state index in [0.717, 1.165) is 32.1 Å². The van der Waals surface area contributed by atoms with Gasteiger partial charge in [0.1, 0.15) is 0 Å². The van der Waals surface area contributed by atoms with Crippen LogP contribution in [-0.4, -0.2) is 50.3 Å². The van der Waals surface area contributed by atoms with Crippen molar-refractivity contribution in [1.29, 1.82) is 0 Å². The lowest BCUT2D eigenvalue weighted by Crippen LogP contribution is -2.41. The first-order valence-corrected chi connectivity index (χ1v) is 7.97. The molecule has 2 atom stereocenters. The minimum absolute atomic E-state index is 0.585. The fourth-order valence-corrected chi connectivity index (χ4v) is 3.37. The van der Waals surface area contributed by atoms with Crippen molar-refractivity contribution in [3.05, 3.63) is 35.9 Å². The molecular formula is C17H26N2O. The van der Waals surface area contributed by atoms with Crippen LogP contribution in [0.25, 0.3) is 0 Å². The first kappa shape index (κ1) is 14.1. The third-order valence-corrected chi connectivity index (χ3v) is 4.43. The second-order valence-corrected chi connectivity index (χ2v) is 6.18. The Hall–Kier alpha value is -0.900. The van der Waals surface area contributed by atoms with Crippen molar-refractivity contribution in [2.75, 3.05) is 39.4 Å². The predicted octanol–water partition coefficient (Wildman–Crippen LogP) is 1.93. The van der Waals surface area contributed by atoms with Crippen molar-refractivity contribution in [1.82, 2.24) is 10.2 Å². The molecule has 0 radical (unpaired) electrons. The Bertz CT molecular complexity index is 389. The van der Waals surface area contributed by atoms with Crippen molar-refractivity contribution in [3.8, 4) is 0 Å². The third kappa shape index (κ3) is 4.05. The first-order valence-electron chi connectivity index (χ1n) is 7.97. The average Bonchev–Trinajstić information content (AvgIpc) is 2.87. The Morgan fingerprint density at radius 3 is 2.95 bits per heavy atom. The van der Waals surface area contributed by atoms with Gasteiger partial charge in [0, 0.05) is 25.7 Å². The van der Waals surface area contributed by atoms with Gasteiger partial charge in [-0.15, -0.1) is 0 Å². The zero-order chi connectivity index (χ0) is 13.6. The molecule has 1 aromatic rings. The number of nitrogens with one attached hydrogen (secondary N) is 1. The van der Waals surface area contributed by atoms with E-state index in [1.807, 2.05) is 0 Å². The first-order chi connectivity index (χ1) is 9.90. The van der Waals surface area contributed by atoms with Gasteiger partial charge in [-0.05, 0) is 43.8 Å². The van der Waals surface area contributed by atoms with Gasteiger partial charge in [-0.3, -0.25) is 0 Å². The topological polar surface area (TPSA) is 24.5 Å². The summed E-state index contributed by atoms with van der Waals surface area (Å²) in [6.07, 6.45) is 3.64. The van der Waals surface area contributed by atoms with Gasteiger partial charge in [-0.1, -0.05) is 30.3 Å². The lowest BCUT2D eigenvalue weighted by molar-refractivity contribution is 0.166. The van der Waals surface area contributed by atoms with Gasteiger partial charge >= 0.3 is 0 Å². The van der Waals surface area contributed by atoms with Crippen LogP contribution in [0.5, 0.6) is 0 Å². The van der Waals surface area contributed by atoms with E-state index in [4.69, 9.17) is 4.74 Å². The van der Waals surface area contributed by atoms with Crippen molar-refractivity contribution >= 4 is 0 Å². The lowest BCUT2D eigenvalue weighted by atomic mass is 10.0. The number of rotatable bonds is 4.